The standard InChI is InChI=1S/C18H22N2O2/c1-13-11-16(13)17-8-7-15(22-17)12-19-10-9-18(21)20-14-5-3-2-4-6-14/h2-8,13,16,19H,9-12H2,1H3,(H,20,21). The van der Waals surface area contributed by atoms with Crippen LogP contribution in [0.4, 0.5) is 5.69 Å². The van der Waals surface area contributed by atoms with Crippen molar-refractivity contribution in [3.63, 3.8) is 0 Å². The fourth-order valence-electron chi connectivity index (χ4n) is 2.57. The van der Waals surface area contributed by atoms with Gasteiger partial charge >= 0.3 is 0 Å². The number of amides is 1. The molecular formula is C18H22N2O2. The summed E-state index contributed by atoms with van der Waals surface area (Å²) in [6.45, 7) is 3.55. The van der Waals surface area contributed by atoms with Gasteiger partial charge < -0.3 is 15.1 Å². The smallest absolute Gasteiger partial charge is 0.225 e. The third-order valence-corrected chi connectivity index (χ3v) is 4.04. The third kappa shape index (κ3) is 3.98. The second-order valence-corrected chi connectivity index (χ2v) is 5.96. The monoisotopic (exact) mass is 298 g/mol. The Morgan fingerprint density at radius 2 is 2.00 bits per heavy atom. The van der Waals surface area contributed by atoms with E-state index in [-0.39, 0.29) is 5.91 Å². The van der Waals surface area contributed by atoms with Gasteiger partial charge in [0.15, 0.2) is 0 Å². The Morgan fingerprint density at radius 1 is 1.23 bits per heavy atom. The molecule has 1 heterocycles. The first-order chi connectivity index (χ1) is 10.7. The van der Waals surface area contributed by atoms with E-state index in [1.165, 1.54) is 6.42 Å². The fourth-order valence-corrected chi connectivity index (χ4v) is 2.57. The van der Waals surface area contributed by atoms with Crippen molar-refractivity contribution >= 4 is 11.6 Å². The highest BCUT2D eigenvalue weighted by Gasteiger charge is 2.36. The molecule has 4 nitrogen and oxygen atoms in total. The highest BCUT2D eigenvalue weighted by Crippen LogP contribution is 2.47. The average Bonchev–Trinajstić information content (AvgIpc) is 3.07. The van der Waals surface area contributed by atoms with Gasteiger partial charge in [0.1, 0.15) is 11.5 Å². The number of benzene rings is 1. The number of anilines is 1. The lowest BCUT2D eigenvalue weighted by Crippen LogP contribution is -2.21. The Hall–Kier alpha value is -2.07. The minimum atomic E-state index is 0.0191. The summed E-state index contributed by atoms with van der Waals surface area (Å²) in [5.41, 5.74) is 0.835. The molecule has 1 aliphatic rings. The number of carbonyl (C=O) groups is 1. The summed E-state index contributed by atoms with van der Waals surface area (Å²) in [6.07, 6.45) is 1.68. The summed E-state index contributed by atoms with van der Waals surface area (Å²) < 4.78 is 5.82. The summed E-state index contributed by atoms with van der Waals surface area (Å²) in [5.74, 6) is 3.44. The zero-order valence-corrected chi connectivity index (χ0v) is 12.8. The molecule has 22 heavy (non-hydrogen) atoms. The molecule has 0 aliphatic heterocycles. The Balaban J connectivity index is 1.35. The van der Waals surface area contributed by atoms with Crippen LogP contribution in [0.3, 0.4) is 0 Å². The predicted molar refractivity (Wildman–Crippen MR) is 86.6 cm³/mol. The lowest BCUT2D eigenvalue weighted by atomic mass is 10.3. The molecular weight excluding hydrogens is 276 g/mol. The number of carbonyl (C=O) groups excluding carboxylic acids is 1. The van der Waals surface area contributed by atoms with E-state index in [0.717, 1.165) is 23.1 Å². The lowest BCUT2D eigenvalue weighted by molar-refractivity contribution is -0.116. The Bertz CT molecular complexity index is 621. The summed E-state index contributed by atoms with van der Waals surface area (Å²) in [4.78, 5) is 11.8. The van der Waals surface area contributed by atoms with Crippen LogP contribution in [-0.4, -0.2) is 12.5 Å². The Labute approximate surface area is 130 Å². The molecule has 3 rings (SSSR count). The van der Waals surface area contributed by atoms with Crippen molar-refractivity contribution in [1.82, 2.24) is 5.32 Å². The van der Waals surface area contributed by atoms with E-state index >= 15 is 0 Å². The topological polar surface area (TPSA) is 54.3 Å². The minimum Gasteiger partial charge on any atom is -0.464 e. The van der Waals surface area contributed by atoms with Crippen LogP contribution in [0.2, 0.25) is 0 Å². The van der Waals surface area contributed by atoms with Crippen molar-refractivity contribution in [3.8, 4) is 0 Å². The van der Waals surface area contributed by atoms with Gasteiger partial charge in [0, 0.05) is 24.6 Å². The van der Waals surface area contributed by atoms with Crippen LogP contribution in [0.15, 0.2) is 46.9 Å². The summed E-state index contributed by atoms with van der Waals surface area (Å²) in [6, 6.07) is 13.6. The van der Waals surface area contributed by atoms with Crippen LogP contribution < -0.4 is 10.6 Å². The zero-order valence-electron chi connectivity index (χ0n) is 12.8. The first-order valence-electron chi connectivity index (χ1n) is 7.86. The molecule has 1 aromatic heterocycles. The second kappa shape index (κ2) is 6.79. The van der Waals surface area contributed by atoms with Crippen molar-refractivity contribution in [2.45, 2.75) is 32.2 Å². The van der Waals surface area contributed by atoms with Crippen LogP contribution >= 0.6 is 0 Å². The summed E-state index contributed by atoms with van der Waals surface area (Å²) in [7, 11) is 0. The molecule has 1 aromatic carbocycles. The molecule has 1 saturated carbocycles. The van der Waals surface area contributed by atoms with E-state index in [0.29, 0.717) is 25.4 Å². The van der Waals surface area contributed by atoms with Gasteiger partial charge in [0.2, 0.25) is 5.91 Å². The molecule has 1 amide bonds. The molecule has 0 radical (unpaired) electrons. The minimum absolute atomic E-state index is 0.0191. The maximum atomic E-state index is 11.8. The van der Waals surface area contributed by atoms with Gasteiger partial charge in [-0.05, 0) is 36.6 Å². The molecule has 0 spiro atoms. The van der Waals surface area contributed by atoms with Gasteiger partial charge in [-0.1, -0.05) is 25.1 Å². The highest BCUT2D eigenvalue weighted by atomic mass is 16.3. The molecule has 116 valence electrons. The van der Waals surface area contributed by atoms with Gasteiger partial charge in [-0.15, -0.1) is 0 Å². The van der Waals surface area contributed by atoms with Crippen LogP contribution in [0.25, 0.3) is 0 Å². The molecule has 2 unspecified atom stereocenters. The SMILES string of the molecule is CC1CC1c1ccc(CNCCC(=O)Nc2ccccc2)o1. The lowest BCUT2D eigenvalue weighted by Gasteiger charge is -2.05. The number of rotatable bonds is 7. The molecule has 2 aromatic rings. The number of hydrogen-bond acceptors (Lipinski definition) is 3. The second-order valence-electron chi connectivity index (χ2n) is 5.96. The van der Waals surface area contributed by atoms with Gasteiger partial charge in [-0.3, -0.25) is 4.79 Å². The largest absolute Gasteiger partial charge is 0.464 e. The summed E-state index contributed by atoms with van der Waals surface area (Å²) >= 11 is 0. The van der Waals surface area contributed by atoms with Crippen molar-refractivity contribution in [2.75, 3.05) is 11.9 Å². The van der Waals surface area contributed by atoms with Gasteiger partial charge in [0.25, 0.3) is 0 Å². The molecule has 1 aliphatic carbocycles. The van der Waals surface area contributed by atoms with E-state index in [4.69, 9.17) is 4.42 Å². The Kier molecular flexibility index (Phi) is 4.59. The first-order valence-corrected chi connectivity index (χ1v) is 7.86. The molecule has 1 fully saturated rings. The van der Waals surface area contributed by atoms with Crippen molar-refractivity contribution in [1.29, 1.82) is 0 Å². The van der Waals surface area contributed by atoms with E-state index in [9.17, 15) is 4.79 Å². The molecule has 2 N–H and O–H groups in total. The molecule has 4 heteroatoms. The van der Waals surface area contributed by atoms with Crippen LogP contribution in [-0.2, 0) is 11.3 Å². The highest BCUT2D eigenvalue weighted by molar-refractivity contribution is 5.90. The van der Waals surface area contributed by atoms with Gasteiger partial charge in [-0.25, -0.2) is 0 Å². The maximum absolute atomic E-state index is 11.8. The normalized spacial score (nSPS) is 19.9. The van der Waals surface area contributed by atoms with Crippen LogP contribution in [0.5, 0.6) is 0 Å². The van der Waals surface area contributed by atoms with E-state index in [2.05, 4.69) is 23.6 Å². The number of furan rings is 1. The predicted octanol–water partition coefficient (Wildman–Crippen LogP) is 3.52. The molecule has 0 saturated heterocycles. The van der Waals surface area contributed by atoms with Crippen molar-refractivity contribution < 1.29 is 9.21 Å². The van der Waals surface area contributed by atoms with E-state index in [1.54, 1.807) is 0 Å². The van der Waals surface area contributed by atoms with E-state index in [1.807, 2.05) is 36.4 Å². The number of para-hydroxylation sites is 1. The quantitative estimate of drug-likeness (QED) is 0.769. The average molecular weight is 298 g/mol. The Morgan fingerprint density at radius 3 is 2.73 bits per heavy atom. The summed E-state index contributed by atoms with van der Waals surface area (Å²) in [5, 5.41) is 6.12. The van der Waals surface area contributed by atoms with Crippen LogP contribution in [0.1, 0.15) is 37.2 Å². The number of hydrogen-bond donors (Lipinski definition) is 2. The van der Waals surface area contributed by atoms with E-state index < -0.39 is 0 Å². The van der Waals surface area contributed by atoms with Crippen LogP contribution in [0, 0.1) is 5.92 Å². The number of nitrogens with one attached hydrogen (secondary N) is 2. The fraction of sp³-hybridized carbons (Fsp3) is 0.389. The van der Waals surface area contributed by atoms with Crippen molar-refractivity contribution in [2.24, 2.45) is 5.92 Å². The maximum Gasteiger partial charge on any atom is 0.225 e. The third-order valence-electron chi connectivity index (χ3n) is 4.04. The van der Waals surface area contributed by atoms with Crippen molar-refractivity contribution in [3.05, 3.63) is 54.0 Å². The first kappa shape index (κ1) is 14.9. The van der Waals surface area contributed by atoms with Gasteiger partial charge in [-0.2, -0.15) is 0 Å². The van der Waals surface area contributed by atoms with Gasteiger partial charge in [0.05, 0.1) is 6.54 Å². The molecule has 0 bridgehead atoms. The zero-order chi connectivity index (χ0) is 15.4. The molecule has 2 atom stereocenters.